The van der Waals surface area contributed by atoms with Gasteiger partial charge in [-0.3, -0.25) is 19.8 Å². The van der Waals surface area contributed by atoms with E-state index in [-0.39, 0.29) is 11.3 Å². The van der Waals surface area contributed by atoms with E-state index in [2.05, 4.69) is 20.7 Å². The number of methoxy groups -OCH3 is 1. The molecule has 0 aliphatic rings. The molecule has 7 nitrogen and oxygen atoms in total. The number of carbonyl (C=O) groups is 1. The van der Waals surface area contributed by atoms with Crippen LogP contribution in [0.5, 0.6) is 5.75 Å². The van der Waals surface area contributed by atoms with E-state index in [9.17, 15) is 9.59 Å². The Hall–Kier alpha value is -2.83. The Morgan fingerprint density at radius 2 is 2.00 bits per heavy atom. The highest BCUT2D eigenvalue weighted by Gasteiger charge is 2.12. The maximum absolute atomic E-state index is 11.7. The zero-order valence-corrected chi connectivity index (χ0v) is 11.1. The molecule has 20 heavy (non-hydrogen) atoms. The number of H-pyrrole nitrogens is 2. The predicted molar refractivity (Wildman–Crippen MR) is 74.2 cm³/mol. The summed E-state index contributed by atoms with van der Waals surface area (Å²) in [6.45, 7) is 1.55. The molecule has 0 unspecified atom stereocenters. The standard InChI is InChI=1S/C13H14N4O3/c1-8-11(15-17-12(8)18)13(19)16-14-7-9-3-5-10(20-2)6-4-9/h3-7H,1-2H3,(H,16,19)(H2,15,17,18)/b14-7-. The number of benzene rings is 1. The fourth-order valence-electron chi connectivity index (χ4n) is 1.56. The van der Waals surface area contributed by atoms with E-state index in [1.165, 1.54) is 6.21 Å². The fraction of sp³-hybridized carbons (Fsp3) is 0.154. The summed E-state index contributed by atoms with van der Waals surface area (Å²) in [7, 11) is 1.59. The molecule has 7 heteroatoms. The zero-order valence-electron chi connectivity index (χ0n) is 11.1. The number of nitrogens with zero attached hydrogens (tertiary/aromatic N) is 1. The van der Waals surface area contributed by atoms with Crippen LogP contribution in [0.1, 0.15) is 21.6 Å². The second-order valence-electron chi connectivity index (χ2n) is 4.05. The number of hydrogen-bond acceptors (Lipinski definition) is 4. The van der Waals surface area contributed by atoms with Crippen LogP contribution in [0.2, 0.25) is 0 Å². The van der Waals surface area contributed by atoms with E-state index in [1.807, 2.05) is 0 Å². The van der Waals surface area contributed by atoms with Crippen molar-refractivity contribution >= 4 is 12.1 Å². The second kappa shape index (κ2) is 5.87. The number of rotatable bonds is 4. The molecule has 0 bridgehead atoms. The lowest BCUT2D eigenvalue weighted by Gasteiger charge is -1.99. The van der Waals surface area contributed by atoms with Crippen LogP contribution in [-0.4, -0.2) is 29.4 Å². The van der Waals surface area contributed by atoms with Crippen molar-refractivity contribution in [3.8, 4) is 5.75 Å². The van der Waals surface area contributed by atoms with Gasteiger partial charge in [0.05, 0.1) is 13.3 Å². The van der Waals surface area contributed by atoms with E-state index < -0.39 is 5.91 Å². The van der Waals surface area contributed by atoms with E-state index in [0.29, 0.717) is 5.56 Å². The molecular formula is C13H14N4O3. The number of hydrogen-bond donors (Lipinski definition) is 3. The first kappa shape index (κ1) is 13.6. The van der Waals surface area contributed by atoms with Gasteiger partial charge < -0.3 is 4.74 Å². The maximum Gasteiger partial charge on any atom is 0.289 e. The summed E-state index contributed by atoms with van der Waals surface area (Å²) in [4.78, 5) is 22.9. The lowest BCUT2D eigenvalue weighted by atomic mass is 10.2. The molecule has 104 valence electrons. The molecule has 1 aromatic carbocycles. The quantitative estimate of drug-likeness (QED) is 0.567. The van der Waals surface area contributed by atoms with Crippen molar-refractivity contribution in [3.63, 3.8) is 0 Å². The number of hydrazone groups is 1. The molecule has 0 aliphatic carbocycles. The zero-order chi connectivity index (χ0) is 14.5. The summed E-state index contributed by atoms with van der Waals surface area (Å²) in [6.07, 6.45) is 1.50. The Morgan fingerprint density at radius 3 is 2.55 bits per heavy atom. The van der Waals surface area contributed by atoms with Crippen molar-refractivity contribution in [2.45, 2.75) is 6.92 Å². The Kier molecular flexibility index (Phi) is 3.99. The van der Waals surface area contributed by atoms with Crippen molar-refractivity contribution in [2.24, 2.45) is 5.10 Å². The normalized spacial score (nSPS) is 10.7. The largest absolute Gasteiger partial charge is 0.497 e. The van der Waals surface area contributed by atoms with Crippen LogP contribution < -0.4 is 15.7 Å². The topological polar surface area (TPSA) is 99.3 Å². The molecule has 0 saturated carbocycles. The highest BCUT2D eigenvalue weighted by molar-refractivity contribution is 5.94. The number of amides is 1. The van der Waals surface area contributed by atoms with Crippen LogP contribution in [0, 0.1) is 6.92 Å². The third kappa shape index (κ3) is 2.94. The first-order chi connectivity index (χ1) is 9.61. The second-order valence-corrected chi connectivity index (χ2v) is 4.05. The highest BCUT2D eigenvalue weighted by Crippen LogP contribution is 2.09. The molecule has 1 amide bonds. The van der Waals surface area contributed by atoms with E-state index in [0.717, 1.165) is 11.3 Å². The van der Waals surface area contributed by atoms with Gasteiger partial charge >= 0.3 is 0 Å². The molecule has 2 aromatic rings. The summed E-state index contributed by atoms with van der Waals surface area (Å²) >= 11 is 0. The summed E-state index contributed by atoms with van der Waals surface area (Å²) in [5, 5.41) is 8.65. The van der Waals surface area contributed by atoms with Crippen molar-refractivity contribution in [1.82, 2.24) is 15.6 Å². The molecule has 0 aliphatic heterocycles. The Morgan fingerprint density at radius 1 is 1.30 bits per heavy atom. The molecule has 1 aromatic heterocycles. The number of aromatic amines is 2. The Balaban J connectivity index is 2.00. The van der Waals surface area contributed by atoms with Gasteiger partial charge in [0.2, 0.25) is 0 Å². The van der Waals surface area contributed by atoms with E-state index in [4.69, 9.17) is 4.74 Å². The van der Waals surface area contributed by atoms with Gasteiger partial charge in [-0.2, -0.15) is 5.10 Å². The van der Waals surface area contributed by atoms with Gasteiger partial charge in [-0.1, -0.05) is 0 Å². The molecule has 0 fully saturated rings. The minimum Gasteiger partial charge on any atom is -0.497 e. The average molecular weight is 274 g/mol. The van der Waals surface area contributed by atoms with Crippen molar-refractivity contribution in [1.29, 1.82) is 0 Å². The summed E-state index contributed by atoms with van der Waals surface area (Å²) in [6, 6.07) is 7.18. The SMILES string of the molecule is COc1ccc(/C=N\NC(=O)c2[nH][nH]c(=O)c2C)cc1. The molecule has 0 spiro atoms. The number of nitrogens with one attached hydrogen (secondary N) is 3. The number of ether oxygens (including phenoxy) is 1. The highest BCUT2D eigenvalue weighted by atomic mass is 16.5. The lowest BCUT2D eigenvalue weighted by Crippen LogP contribution is -2.19. The van der Waals surface area contributed by atoms with Crippen LogP contribution >= 0.6 is 0 Å². The summed E-state index contributed by atoms with van der Waals surface area (Å²) < 4.78 is 5.03. The van der Waals surface area contributed by atoms with Gasteiger partial charge in [0, 0.05) is 5.56 Å². The molecule has 0 radical (unpaired) electrons. The molecule has 3 N–H and O–H groups in total. The van der Waals surface area contributed by atoms with Gasteiger partial charge in [0.1, 0.15) is 11.4 Å². The summed E-state index contributed by atoms with van der Waals surface area (Å²) in [5.41, 5.74) is 3.31. The molecule has 1 heterocycles. The summed E-state index contributed by atoms with van der Waals surface area (Å²) in [5.74, 6) is 0.261. The maximum atomic E-state index is 11.7. The van der Waals surface area contributed by atoms with Crippen molar-refractivity contribution < 1.29 is 9.53 Å². The van der Waals surface area contributed by atoms with Crippen LogP contribution in [0.15, 0.2) is 34.2 Å². The van der Waals surface area contributed by atoms with Gasteiger partial charge in [0.15, 0.2) is 0 Å². The van der Waals surface area contributed by atoms with Crippen molar-refractivity contribution in [3.05, 3.63) is 51.4 Å². The van der Waals surface area contributed by atoms with E-state index >= 15 is 0 Å². The predicted octanol–water partition coefficient (Wildman–Crippen LogP) is 0.784. The molecule has 0 atom stereocenters. The Bertz CT molecular complexity index is 682. The monoisotopic (exact) mass is 274 g/mol. The van der Waals surface area contributed by atoms with Gasteiger partial charge in [-0.25, -0.2) is 5.43 Å². The minimum atomic E-state index is -0.481. The van der Waals surface area contributed by atoms with E-state index in [1.54, 1.807) is 38.3 Å². The molecule has 0 saturated heterocycles. The number of carbonyl (C=O) groups excluding carboxylic acids is 1. The first-order valence-electron chi connectivity index (χ1n) is 5.86. The van der Waals surface area contributed by atoms with Gasteiger partial charge in [-0.05, 0) is 36.8 Å². The molecule has 2 rings (SSSR count). The Labute approximate surface area is 114 Å². The minimum absolute atomic E-state index is 0.168. The van der Waals surface area contributed by atoms with Crippen LogP contribution in [0.25, 0.3) is 0 Å². The molecular weight excluding hydrogens is 260 g/mol. The van der Waals surface area contributed by atoms with Crippen molar-refractivity contribution in [2.75, 3.05) is 7.11 Å². The smallest absolute Gasteiger partial charge is 0.289 e. The number of aromatic nitrogens is 2. The third-order valence-electron chi connectivity index (χ3n) is 2.74. The van der Waals surface area contributed by atoms with Crippen LogP contribution in [-0.2, 0) is 0 Å². The fourth-order valence-corrected chi connectivity index (χ4v) is 1.56. The average Bonchev–Trinajstić information content (AvgIpc) is 2.80. The first-order valence-corrected chi connectivity index (χ1v) is 5.86. The van der Waals surface area contributed by atoms with Crippen LogP contribution in [0.3, 0.4) is 0 Å². The third-order valence-corrected chi connectivity index (χ3v) is 2.74. The van der Waals surface area contributed by atoms with Gasteiger partial charge in [-0.15, -0.1) is 0 Å². The van der Waals surface area contributed by atoms with Gasteiger partial charge in [0.25, 0.3) is 11.5 Å². The van der Waals surface area contributed by atoms with Crippen LogP contribution in [0.4, 0.5) is 0 Å². The lowest BCUT2D eigenvalue weighted by molar-refractivity contribution is 0.0949.